The predicted octanol–water partition coefficient (Wildman–Crippen LogP) is 2.85. The molecule has 2 aromatic heterocycles. The molecule has 0 fully saturated rings. The molecule has 7 nitrogen and oxygen atoms in total. The molecule has 1 N–H and O–H groups in total. The topological polar surface area (TPSA) is 85.8 Å². The average Bonchev–Trinajstić information content (AvgIpc) is 3.25. The van der Waals surface area contributed by atoms with E-state index in [-0.39, 0.29) is 11.9 Å². The molecule has 8 heteroatoms. The first-order valence-electron chi connectivity index (χ1n) is 7.48. The second-order valence-electron chi connectivity index (χ2n) is 5.04. The van der Waals surface area contributed by atoms with Gasteiger partial charge in [0.05, 0.1) is 6.42 Å². The lowest BCUT2D eigenvalue weighted by Gasteiger charge is -1.99. The van der Waals surface area contributed by atoms with Crippen LogP contribution in [0.5, 0.6) is 0 Å². The average molecular weight is 343 g/mol. The molecule has 0 bridgehead atoms. The van der Waals surface area contributed by atoms with E-state index in [4.69, 9.17) is 4.42 Å². The van der Waals surface area contributed by atoms with Gasteiger partial charge >= 0.3 is 6.01 Å². The maximum Gasteiger partial charge on any atom is 0.322 e. The Morgan fingerprint density at radius 1 is 1.25 bits per heavy atom. The summed E-state index contributed by atoms with van der Waals surface area (Å²) in [6.07, 6.45) is 4.29. The summed E-state index contributed by atoms with van der Waals surface area (Å²) >= 11 is 1.69. The van der Waals surface area contributed by atoms with Gasteiger partial charge in [0, 0.05) is 17.6 Å². The SMILES string of the molecule is CCn1ccc(C(=O)Nc2nnc(Cc3ccc(SC)cc3)o2)n1. The van der Waals surface area contributed by atoms with Crippen LogP contribution in [0.1, 0.15) is 28.9 Å². The van der Waals surface area contributed by atoms with Crippen LogP contribution >= 0.6 is 11.8 Å². The minimum Gasteiger partial charge on any atom is -0.407 e. The van der Waals surface area contributed by atoms with Crippen molar-refractivity contribution in [2.75, 3.05) is 11.6 Å². The molecule has 24 heavy (non-hydrogen) atoms. The number of hydrogen-bond donors (Lipinski definition) is 1. The van der Waals surface area contributed by atoms with E-state index in [1.165, 1.54) is 4.90 Å². The smallest absolute Gasteiger partial charge is 0.322 e. The van der Waals surface area contributed by atoms with Gasteiger partial charge in [-0.15, -0.1) is 16.9 Å². The number of aromatic nitrogens is 4. The molecule has 0 unspecified atom stereocenters. The number of rotatable bonds is 6. The number of nitrogens with zero attached hydrogens (tertiary/aromatic N) is 4. The van der Waals surface area contributed by atoms with Gasteiger partial charge in [0.2, 0.25) is 5.89 Å². The number of anilines is 1. The van der Waals surface area contributed by atoms with Crippen LogP contribution in [-0.4, -0.2) is 32.1 Å². The lowest BCUT2D eigenvalue weighted by atomic mass is 10.1. The van der Waals surface area contributed by atoms with E-state index in [9.17, 15) is 4.79 Å². The summed E-state index contributed by atoms with van der Waals surface area (Å²) in [4.78, 5) is 13.3. The van der Waals surface area contributed by atoms with Crippen LogP contribution in [0.3, 0.4) is 0 Å². The number of carbonyl (C=O) groups excluding carboxylic acids is 1. The van der Waals surface area contributed by atoms with Crippen molar-refractivity contribution in [2.24, 2.45) is 0 Å². The van der Waals surface area contributed by atoms with Crippen LogP contribution in [0.15, 0.2) is 45.8 Å². The molecule has 1 amide bonds. The van der Waals surface area contributed by atoms with E-state index in [0.717, 1.165) is 5.56 Å². The van der Waals surface area contributed by atoms with Crippen LogP contribution in [0.25, 0.3) is 0 Å². The summed E-state index contributed by atoms with van der Waals surface area (Å²) in [5.41, 5.74) is 1.38. The lowest BCUT2D eigenvalue weighted by Crippen LogP contribution is -2.13. The van der Waals surface area contributed by atoms with Crippen LogP contribution in [0, 0.1) is 0 Å². The second kappa shape index (κ2) is 7.31. The van der Waals surface area contributed by atoms with Crippen molar-refractivity contribution >= 4 is 23.7 Å². The van der Waals surface area contributed by atoms with Gasteiger partial charge in [-0.2, -0.15) is 5.10 Å². The maximum absolute atomic E-state index is 12.1. The minimum absolute atomic E-state index is 0.0711. The van der Waals surface area contributed by atoms with E-state index in [1.54, 1.807) is 28.7 Å². The highest BCUT2D eigenvalue weighted by atomic mass is 32.2. The van der Waals surface area contributed by atoms with Gasteiger partial charge in [-0.3, -0.25) is 14.8 Å². The number of thioether (sulfide) groups is 1. The van der Waals surface area contributed by atoms with Crippen LogP contribution in [-0.2, 0) is 13.0 Å². The first-order valence-corrected chi connectivity index (χ1v) is 8.70. The van der Waals surface area contributed by atoms with Gasteiger partial charge < -0.3 is 4.42 Å². The van der Waals surface area contributed by atoms with Crippen LogP contribution < -0.4 is 5.32 Å². The molecule has 0 radical (unpaired) electrons. The molecule has 124 valence electrons. The predicted molar refractivity (Wildman–Crippen MR) is 91.2 cm³/mol. The highest BCUT2D eigenvalue weighted by Crippen LogP contribution is 2.17. The number of aryl methyl sites for hydroxylation is 1. The van der Waals surface area contributed by atoms with Crippen molar-refractivity contribution < 1.29 is 9.21 Å². The molecule has 0 atom stereocenters. The Kier molecular flexibility index (Phi) is 4.95. The number of benzene rings is 1. The molecule has 0 aliphatic rings. The summed E-state index contributed by atoms with van der Waals surface area (Å²) in [7, 11) is 0. The van der Waals surface area contributed by atoms with Crippen molar-refractivity contribution in [1.82, 2.24) is 20.0 Å². The Morgan fingerprint density at radius 2 is 2.04 bits per heavy atom. The monoisotopic (exact) mass is 343 g/mol. The minimum atomic E-state index is -0.373. The van der Waals surface area contributed by atoms with E-state index in [0.29, 0.717) is 24.6 Å². The molecule has 2 heterocycles. The Balaban J connectivity index is 1.63. The van der Waals surface area contributed by atoms with Gasteiger partial charge in [-0.05, 0) is 36.9 Å². The standard InChI is InChI=1S/C16H17N5O2S/c1-3-21-9-8-13(20-21)15(22)17-16-19-18-14(23-16)10-11-4-6-12(24-2)7-5-11/h4-9H,3,10H2,1-2H3,(H,17,19,22). The van der Waals surface area contributed by atoms with Crippen molar-refractivity contribution in [3.63, 3.8) is 0 Å². The highest BCUT2D eigenvalue weighted by Gasteiger charge is 2.14. The zero-order valence-electron chi connectivity index (χ0n) is 13.4. The molecule has 0 saturated heterocycles. The van der Waals surface area contributed by atoms with Crippen molar-refractivity contribution in [3.8, 4) is 0 Å². The summed E-state index contributed by atoms with van der Waals surface area (Å²) in [6.45, 7) is 2.65. The fourth-order valence-electron chi connectivity index (χ4n) is 2.11. The Bertz CT molecular complexity index is 825. The van der Waals surface area contributed by atoms with Gasteiger partial charge in [0.1, 0.15) is 0 Å². The summed E-state index contributed by atoms with van der Waals surface area (Å²) in [6, 6.07) is 9.84. The van der Waals surface area contributed by atoms with E-state index in [2.05, 4.69) is 20.6 Å². The van der Waals surface area contributed by atoms with E-state index < -0.39 is 0 Å². The second-order valence-corrected chi connectivity index (χ2v) is 5.92. The van der Waals surface area contributed by atoms with Crippen molar-refractivity contribution in [3.05, 3.63) is 53.7 Å². The summed E-state index contributed by atoms with van der Waals surface area (Å²) in [5.74, 6) is 0.0722. The normalized spacial score (nSPS) is 10.8. The molecule has 0 saturated carbocycles. The van der Waals surface area contributed by atoms with Crippen molar-refractivity contribution in [1.29, 1.82) is 0 Å². The highest BCUT2D eigenvalue weighted by molar-refractivity contribution is 7.98. The van der Waals surface area contributed by atoms with Gasteiger partial charge in [0.25, 0.3) is 5.91 Å². The Morgan fingerprint density at radius 3 is 2.71 bits per heavy atom. The van der Waals surface area contributed by atoms with Gasteiger partial charge in [-0.25, -0.2) is 0 Å². The maximum atomic E-state index is 12.1. The number of carbonyl (C=O) groups is 1. The van der Waals surface area contributed by atoms with E-state index in [1.807, 2.05) is 37.4 Å². The van der Waals surface area contributed by atoms with Crippen molar-refractivity contribution in [2.45, 2.75) is 24.8 Å². The third-order valence-electron chi connectivity index (χ3n) is 3.40. The quantitative estimate of drug-likeness (QED) is 0.693. The largest absolute Gasteiger partial charge is 0.407 e. The molecular formula is C16H17N5O2S. The van der Waals surface area contributed by atoms with Gasteiger partial charge in [-0.1, -0.05) is 17.2 Å². The molecule has 3 rings (SSSR count). The number of hydrogen-bond acceptors (Lipinski definition) is 6. The zero-order chi connectivity index (χ0) is 16.9. The Labute approximate surface area is 143 Å². The van der Waals surface area contributed by atoms with Crippen LogP contribution in [0.2, 0.25) is 0 Å². The third-order valence-corrected chi connectivity index (χ3v) is 4.14. The first kappa shape index (κ1) is 16.3. The number of nitrogens with one attached hydrogen (secondary N) is 1. The number of amides is 1. The third kappa shape index (κ3) is 3.83. The van der Waals surface area contributed by atoms with E-state index >= 15 is 0 Å². The summed E-state index contributed by atoms with van der Waals surface area (Å²) < 4.78 is 7.15. The Hall–Kier alpha value is -2.61. The molecular weight excluding hydrogens is 326 g/mol. The molecule has 1 aromatic carbocycles. The zero-order valence-corrected chi connectivity index (χ0v) is 14.2. The van der Waals surface area contributed by atoms with Gasteiger partial charge in [0.15, 0.2) is 5.69 Å². The lowest BCUT2D eigenvalue weighted by molar-refractivity contribution is 0.101. The fourth-order valence-corrected chi connectivity index (χ4v) is 2.52. The fraction of sp³-hybridized carbons (Fsp3) is 0.250. The molecule has 0 aliphatic heterocycles. The molecule has 3 aromatic rings. The van der Waals surface area contributed by atoms with Crippen LogP contribution in [0.4, 0.5) is 6.01 Å². The first-order chi connectivity index (χ1) is 11.7. The molecule has 0 spiro atoms. The summed E-state index contributed by atoms with van der Waals surface area (Å²) in [5, 5.41) is 14.5. The molecule has 0 aliphatic carbocycles.